The summed E-state index contributed by atoms with van der Waals surface area (Å²) in [5.41, 5.74) is 11.3. The van der Waals surface area contributed by atoms with Gasteiger partial charge in [0, 0.05) is 55.6 Å². The van der Waals surface area contributed by atoms with Gasteiger partial charge in [0.05, 0.1) is 11.7 Å². The van der Waals surface area contributed by atoms with Crippen LogP contribution >= 0.6 is 0 Å². The Kier molecular flexibility index (Phi) is 4.98. The van der Waals surface area contributed by atoms with Gasteiger partial charge in [0.15, 0.2) is 5.65 Å². The van der Waals surface area contributed by atoms with Crippen LogP contribution < -0.4 is 16.0 Å². The number of hydrogen-bond acceptors (Lipinski definition) is 6. The normalized spacial score (nSPS) is 24.8. The van der Waals surface area contributed by atoms with Crippen molar-refractivity contribution in [3.8, 4) is 0 Å². The largest absolute Gasteiger partial charge is 0.373 e. The quantitative estimate of drug-likeness (QED) is 0.644. The molecule has 172 valence electrons. The van der Waals surface area contributed by atoms with Crippen LogP contribution in [0, 0.1) is 6.92 Å². The van der Waals surface area contributed by atoms with E-state index in [2.05, 4.69) is 41.5 Å². The van der Waals surface area contributed by atoms with Crippen molar-refractivity contribution < 1.29 is 4.79 Å². The first kappa shape index (κ1) is 20.5. The number of amides is 1. The molecule has 8 heteroatoms. The molecule has 3 aliphatic heterocycles. The fraction of sp³-hybridized carbons (Fsp3) is 0.480. The molecule has 6 rings (SSSR count). The summed E-state index contributed by atoms with van der Waals surface area (Å²) in [4.78, 5) is 22.8. The second kappa shape index (κ2) is 8.02. The molecule has 33 heavy (non-hydrogen) atoms. The second-order valence-corrected chi connectivity index (χ2v) is 9.72. The number of carbonyl (C=O) groups excluding carboxylic acids is 1. The van der Waals surface area contributed by atoms with Gasteiger partial charge >= 0.3 is 0 Å². The molecule has 2 saturated heterocycles. The number of nitrogens with zero attached hydrogens (tertiary/aromatic N) is 5. The SMILES string of the molecule is Cc1cn2nc([C@@H]3CCCCN3C(=O)C3Cc4ccccc4N3)cc2nc1N1CC[C@H](N)C1. The zero-order valence-electron chi connectivity index (χ0n) is 19.1. The van der Waals surface area contributed by atoms with Gasteiger partial charge in [-0.05, 0) is 44.2 Å². The van der Waals surface area contributed by atoms with Crippen LogP contribution in [0.4, 0.5) is 11.5 Å². The van der Waals surface area contributed by atoms with E-state index >= 15 is 0 Å². The van der Waals surface area contributed by atoms with E-state index in [0.717, 1.165) is 80.1 Å². The van der Waals surface area contributed by atoms with Gasteiger partial charge in [0.25, 0.3) is 0 Å². The van der Waals surface area contributed by atoms with Crippen LogP contribution in [-0.4, -0.2) is 57.1 Å². The van der Waals surface area contributed by atoms with Crippen molar-refractivity contribution >= 4 is 23.1 Å². The minimum Gasteiger partial charge on any atom is -0.373 e. The molecule has 3 aromatic rings. The Morgan fingerprint density at radius 2 is 2.06 bits per heavy atom. The lowest BCUT2D eigenvalue weighted by Gasteiger charge is -2.36. The highest BCUT2D eigenvalue weighted by Crippen LogP contribution is 2.34. The van der Waals surface area contributed by atoms with Gasteiger partial charge in [-0.3, -0.25) is 4.79 Å². The first-order chi connectivity index (χ1) is 16.1. The zero-order chi connectivity index (χ0) is 22.5. The van der Waals surface area contributed by atoms with E-state index < -0.39 is 0 Å². The van der Waals surface area contributed by atoms with Gasteiger partial charge in [-0.15, -0.1) is 0 Å². The molecule has 0 aliphatic carbocycles. The van der Waals surface area contributed by atoms with Crippen LogP contribution in [0.1, 0.15) is 48.5 Å². The minimum atomic E-state index is -0.202. The summed E-state index contributed by atoms with van der Waals surface area (Å²) in [6.07, 6.45) is 6.85. The molecule has 3 aliphatic rings. The number of rotatable bonds is 3. The molecule has 0 bridgehead atoms. The van der Waals surface area contributed by atoms with E-state index in [0.29, 0.717) is 0 Å². The molecule has 1 unspecified atom stereocenters. The number of piperidine rings is 1. The third-order valence-corrected chi connectivity index (χ3v) is 7.34. The number of aromatic nitrogens is 3. The Balaban J connectivity index is 1.27. The molecule has 0 spiro atoms. The van der Waals surface area contributed by atoms with Crippen LogP contribution in [0.25, 0.3) is 5.65 Å². The Morgan fingerprint density at radius 3 is 2.88 bits per heavy atom. The zero-order valence-corrected chi connectivity index (χ0v) is 19.1. The monoisotopic (exact) mass is 445 g/mol. The number of para-hydroxylation sites is 1. The second-order valence-electron chi connectivity index (χ2n) is 9.72. The number of nitrogens with one attached hydrogen (secondary N) is 1. The third kappa shape index (κ3) is 3.62. The number of likely N-dealkylation sites (tertiary alicyclic amines) is 1. The molecule has 1 amide bonds. The van der Waals surface area contributed by atoms with Gasteiger partial charge in [-0.2, -0.15) is 5.10 Å². The highest BCUT2D eigenvalue weighted by molar-refractivity contribution is 5.88. The molecule has 0 radical (unpaired) electrons. The predicted molar refractivity (Wildman–Crippen MR) is 128 cm³/mol. The van der Waals surface area contributed by atoms with Gasteiger partial charge < -0.3 is 20.9 Å². The van der Waals surface area contributed by atoms with Crippen molar-refractivity contribution in [2.24, 2.45) is 5.73 Å². The Hall–Kier alpha value is -3.13. The molecule has 5 heterocycles. The maximum Gasteiger partial charge on any atom is 0.245 e. The van der Waals surface area contributed by atoms with Crippen LogP contribution in [-0.2, 0) is 11.2 Å². The highest BCUT2D eigenvalue weighted by Gasteiger charge is 2.36. The number of aryl methyl sites for hydroxylation is 1. The summed E-state index contributed by atoms with van der Waals surface area (Å²) < 4.78 is 1.87. The predicted octanol–water partition coefficient (Wildman–Crippen LogP) is 2.67. The lowest BCUT2D eigenvalue weighted by Crippen LogP contribution is -2.46. The molecule has 0 saturated carbocycles. The van der Waals surface area contributed by atoms with Crippen LogP contribution in [0.3, 0.4) is 0 Å². The van der Waals surface area contributed by atoms with Crippen molar-refractivity contribution in [1.82, 2.24) is 19.5 Å². The third-order valence-electron chi connectivity index (χ3n) is 7.34. The maximum absolute atomic E-state index is 13.6. The van der Waals surface area contributed by atoms with Crippen molar-refractivity contribution in [2.75, 3.05) is 29.9 Å². The maximum atomic E-state index is 13.6. The van der Waals surface area contributed by atoms with Crippen LogP contribution in [0.15, 0.2) is 36.5 Å². The first-order valence-electron chi connectivity index (χ1n) is 12.1. The van der Waals surface area contributed by atoms with E-state index in [1.807, 2.05) is 21.5 Å². The van der Waals surface area contributed by atoms with E-state index in [1.165, 1.54) is 5.56 Å². The molecule has 2 fully saturated rings. The number of carbonyl (C=O) groups is 1. The fourth-order valence-electron chi connectivity index (χ4n) is 5.63. The Labute approximate surface area is 193 Å². The average molecular weight is 446 g/mol. The van der Waals surface area contributed by atoms with Gasteiger partial charge in [0.2, 0.25) is 5.91 Å². The Morgan fingerprint density at radius 1 is 1.18 bits per heavy atom. The minimum absolute atomic E-state index is 0.0116. The summed E-state index contributed by atoms with van der Waals surface area (Å²) in [5, 5.41) is 8.31. The number of hydrogen-bond donors (Lipinski definition) is 2. The van der Waals surface area contributed by atoms with Crippen molar-refractivity contribution in [1.29, 1.82) is 0 Å². The fourth-order valence-corrected chi connectivity index (χ4v) is 5.63. The number of benzene rings is 1. The van der Waals surface area contributed by atoms with Gasteiger partial charge in [-0.1, -0.05) is 18.2 Å². The van der Waals surface area contributed by atoms with Crippen LogP contribution in [0.5, 0.6) is 0 Å². The summed E-state index contributed by atoms with van der Waals surface area (Å²) >= 11 is 0. The number of nitrogens with two attached hydrogens (primary N) is 1. The molecule has 8 nitrogen and oxygen atoms in total. The van der Waals surface area contributed by atoms with Crippen molar-refractivity contribution in [3.05, 3.63) is 53.3 Å². The van der Waals surface area contributed by atoms with Crippen molar-refractivity contribution in [3.63, 3.8) is 0 Å². The lowest BCUT2D eigenvalue weighted by atomic mass is 9.97. The molecule has 1 aromatic carbocycles. The average Bonchev–Trinajstić information content (AvgIpc) is 3.55. The Bertz CT molecular complexity index is 1180. The van der Waals surface area contributed by atoms with Crippen molar-refractivity contribution in [2.45, 2.75) is 57.2 Å². The van der Waals surface area contributed by atoms with Gasteiger partial charge in [0.1, 0.15) is 11.9 Å². The van der Waals surface area contributed by atoms with E-state index in [-0.39, 0.29) is 24.0 Å². The molecule has 3 atom stereocenters. The highest BCUT2D eigenvalue weighted by atomic mass is 16.2. The summed E-state index contributed by atoms with van der Waals surface area (Å²) in [6, 6.07) is 10.3. The van der Waals surface area contributed by atoms with E-state index in [9.17, 15) is 4.79 Å². The standard InChI is InChI=1S/C25H31N7O/c1-16-14-32-23(28-24(16)30-11-9-18(26)15-30)13-20(29-32)22-8-4-5-10-31(22)25(33)21-12-17-6-2-3-7-19(17)27-21/h2-3,6-7,13-14,18,21-22,27H,4-5,8-12,15,26H2,1H3/t18-,21?,22-/m0/s1. The van der Waals surface area contributed by atoms with E-state index in [1.54, 1.807) is 0 Å². The summed E-state index contributed by atoms with van der Waals surface area (Å²) in [7, 11) is 0. The number of fused-ring (bicyclic) bond motifs is 2. The topological polar surface area (TPSA) is 91.8 Å². The molecule has 3 N–H and O–H groups in total. The van der Waals surface area contributed by atoms with E-state index in [4.69, 9.17) is 15.8 Å². The molecular formula is C25H31N7O. The van der Waals surface area contributed by atoms with Gasteiger partial charge in [-0.25, -0.2) is 9.50 Å². The molecule has 2 aromatic heterocycles. The first-order valence-corrected chi connectivity index (χ1v) is 12.1. The summed E-state index contributed by atoms with van der Waals surface area (Å²) in [6.45, 7) is 4.63. The molecular weight excluding hydrogens is 414 g/mol. The summed E-state index contributed by atoms with van der Waals surface area (Å²) in [5.74, 6) is 1.16. The lowest BCUT2D eigenvalue weighted by molar-refractivity contribution is -0.135. The number of anilines is 2. The van der Waals surface area contributed by atoms with Crippen LogP contribution in [0.2, 0.25) is 0 Å². The smallest absolute Gasteiger partial charge is 0.245 e.